The number of hydrogen-bond acceptors (Lipinski definition) is 2. The molecule has 0 saturated carbocycles. The van der Waals surface area contributed by atoms with E-state index in [-0.39, 0.29) is 0 Å². The van der Waals surface area contributed by atoms with Crippen LogP contribution >= 0.6 is 0 Å². The fraction of sp³-hybridized carbons (Fsp3) is 0.0769. The SMILES string of the molecule is Cc1ccc(-c2nncn2-n2cccc2)cc1. The molecule has 0 spiro atoms. The van der Waals surface area contributed by atoms with Crippen molar-refractivity contribution in [1.82, 2.24) is 19.5 Å². The van der Waals surface area contributed by atoms with Crippen molar-refractivity contribution in [2.24, 2.45) is 0 Å². The lowest BCUT2D eigenvalue weighted by Gasteiger charge is -2.07. The molecule has 84 valence electrons. The minimum Gasteiger partial charge on any atom is -0.261 e. The van der Waals surface area contributed by atoms with Crippen molar-refractivity contribution in [3.05, 3.63) is 60.7 Å². The highest BCUT2D eigenvalue weighted by Gasteiger charge is 2.07. The van der Waals surface area contributed by atoms with Gasteiger partial charge in [0, 0.05) is 18.0 Å². The molecule has 17 heavy (non-hydrogen) atoms. The highest BCUT2D eigenvalue weighted by Crippen LogP contribution is 2.17. The first-order chi connectivity index (χ1) is 8.34. The first kappa shape index (κ1) is 9.84. The lowest BCUT2D eigenvalue weighted by atomic mass is 10.1. The summed E-state index contributed by atoms with van der Waals surface area (Å²) in [6, 6.07) is 12.2. The number of rotatable bonds is 2. The van der Waals surface area contributed by atoms with Crippen molar-refractivity contribution in [1.29, 1.82) is 0 Å². The molecule has 4 heteroatoms. The molecule has 0 aliphatic carbocycles. The predicted molar refractivity (Wildman–Crippen MR) is 65.4 cm³/mol. The lowest BCUT2D eigenvalue weighted by molar-refractivity contribution is 0.667. The van der Waals surface area contributed by atoms with E-state index in [4.69, 9.17) is 0 Å². The van der Waals surface area contributed by atoms with Gasteiger partial charge in [0.2, 0.25) is 0 Å². The first-order valence-corrected chi connectivity index (χ1v) is 5.45. The van der Waals surface area contributed by atoms with Gasteiger partial charge in [0.25, 0.3) is 0 Å². The molecule has 1 aromatic carbocycles. The molecule has 3 rings (SSSR count). The van der Waals surface area contributed by atoms with Crippen LogP contribution in [0, 0.1) is 6.92 Å². The van der Waals surface area contributed by atoms with Gasteiger partial charge in [0.15, 0.2) is 5.82 Å². The molecular formula is C13H12N4. The topological polar surface area (TPSA) is 35.6 Å². The Balaban J connectivity index is 2.10. The number of hydrogen-bond donors (Lipinski definition) is 0. The number of benzene rings is 1. The third-order valence-corrected chi connectivity index (χ3v) is 2.68. The predicted octanol–water partition coefficient (Wildman–Crippen LogP) is 2.37. The van der Waals surface area contributed by atoms with Gasteiger partial charge in [-0.05, 0) is 19.1 Å². The molecule has 0 fully saturated rings. The number of aryl methyl sites for hydroxylation is 1. The van der Waals surface area contributed by atoms with Crippen molar-refractivity contribution in [2.45, 2.75) is 6.92 Å². The Bertz CT molecular complexity index is 605. The van der Waals surface area contributed by atoms with Gasteiger partial charge in [-0.25, -0.2) is 4.68 Å². The molecule has 0 radical (unpaired) electrons. The van der Waals surface area contributed by atoms with Crippen molar-refractivity contribution in [3.63, 3.8) is 0 Å². The van der Waals surface area contributed by atoms with Crippen LogP contribution in [0.3, 0.4) is 0 Å². The Morgan fingerprint density at radius 2 is 1.71 bits per heavy atom. The molecule has 0 N–H and O–H groups in total. The van der Waals surface area contributed by atoms with E-state index in [9.17, 15) is 0 Å². The maximum Gasteiger partial charge on any atom is 0.183 e. The van der Waals surface area contributed by atoms with E-state index in [0.717, 1.165) is 11.4 Å². The minimum absolute atomic E-state index is 0.834. The average molecular weight is 224 g/mol. The summed E-state index contributed by atoms with van der Waals surface area (Å²) in [7, 11) is 0. The monoisotopic (exact) mass is 224 g/mol. The molecule has 0 atom stereocenters. The van der Waals surface area contributed by atoms with Crippen LogP contribution in [0.25, 0.3) is 11.4 Å². The second kappa shape index (κ2) is 3.90. The molecule has 2 heterocycles. The fourth-order valence-electron chi connectivity index (χ4n) is 1.76. The van der Waals surface area contributed by atoms with Crippen LogP contribution in [-0.2, 0) is 0 Å². The smallest absolute Gasteiger partial charge is 0.183 e. The van der Waals surface area contributed by atoms with E-state index in [1.54, 1.807) is 6.33 Å². The van der Waals surface area contributed by atoms with Crippen molar-refractivity contribution < 1.29 is 0 Å². The quantitative estimate of drug-likeness (QED) is 0.670. The minimum atomic E-state index is 0.834. The van der Waals surface area contributed by atoms with Gasteiger partial charge in [-0.15, -0.1) is 10.2 Å². The zero-order valence-corrected chi connectivity index (χ0v) is 9.49. The van der Waals surface area contributed by atoms with Gasteiger partial charge in [0.05, 0.1) is 0 Å². The van der Waals surface area contributed by atoms with Gasteiger partial charge < -0.3 is 0 Å². The van der Waals surface area contributed by atoms with Crippen LogP contribution in [0.4, 0.5) is 0 Å². The van der Waals surface area contributed by atoms with E-state index in [1.165, 1.54) is 5.56 Å². The summed E-state index contributed by atoms with van der Waals surface area (Å²) in [5.41, 5.74) is 2.29. The Hall–Kier alpha value is -2.36. The average Bonchev–Trinajstić information content (AvgIpc) is 3.00. The van der Waals surface area contributed by atoms with Gasteiger partial charge in [-0.3, -0.25) is 4.68 Å². The third kappa shape index (κ3) is 1.73. The van der Waals surface area contributed by atoms with E-state index < -0.39 is 0 Å². The fourth-order valence-corrected chi connectivity index (χ4v) is 1.76. The number of aromatic nitrogens is 4. The normalized spacial score (nSPS) is 10.6. The molecule has 0 amide bonds. The van der Waals surface area contributed by atoms with Crippen molar-refractivity contribution >= 4 is 0 Å². The first-order valence-electron chi connectivity index (χ1n) is 5.45. The summed E-state index contributed by atoms with van der Waals surface area (Å²) >= 11 is 0. The maximum absolute atomic E-state index is 4.16. The lowest BCUT2D eigenvalue weighted by Crippen LogP contribution is -2.06. The van der Waals surface area contributed by atoms with E-state index >= 15 is 0 Å². The Kier molecular flexibility index (Phi) is 2.26. The Morgan fingerprint density at radius 1 is 1.00 bits per heavy atom. The molecule has 0 bridgehead atoms. The molecule has 0 saturated heterocycles. The summed E-state index contributed by atoms with van der Waals surface area (Å²) in [4.78, 5) is 0. The van der Waals surface area contributed by atoms with Gasteiger partial charge in [-0.2, -0.15) is 0 Å². The van der Waals surface area contributed by atoms with Gasteiger partial charge in [-0.1, -0.05) is 29.8 Å². The Morgan fingerprint density at radius 3 is 2.41 bits per heavy atom. The third-order valence-electron chi connectivity index (χ3n) is 2.68. The van der Waals surface area contributed by atoms with E-state index in [2.05, 4.69) is 41.4 Å². The van der Waals surface area contributed by atoms with Crippen LogP contribution in [0.15, 0.2) is 55.1 Å². The number of nitrogens with zero attached hydrogens (tertiary/aromatic N) is 4. The largest absolute Gasteiger partial charge is 0.261 e. The maximum atomic E-state index is 4.16. The van der Waals surface area contributed by atoms with Crippen molar-refractivity contribution in [2.75, 3.05) is 0 Å². The van der Waals surface area contributed by atoms with Crippen LogP contribution < -0.4 is 0 Å². The second-order valence-corrected chi connectivity index (χ2v) is 3.93. The summed E-state index contributed by atoms with van der Waals surface area (Å²) in [5.74, 6) is 0.834. The molecule has 0 unspecified atom stereocenters. The standard InChI is InChI=1S/C13H12N4/c1-11-4-6-12(7-5-11)13-15-14-10-17(13)16-8-2-3-9-16/h2-10H,1H3. The molecule has 3 aromatic rings. The second-order valence-electron chi connectivity index (χ2n) is 3.93. The van der Waals surface area contributed by atoms with Crippen LogP contribution in [-0.4, -0.2) is 19.5 Å². The van der Waals surface area contributed by atoms with E-state index in [1.807, 2.05) is 33.9 Å². The molecule has 0 aliphatic rings. The summed E-state index contributed by atoms with van der Waals surface area (Å²) in [5, 5.41) is 8.13. The molecule has 0 aliphatic heterocycles. The molecule has 4 nitrogen and oxygen atoms in total. The highest BCUT2D eigenvalue weighted by atomic mass is 15.5. The summed E-state index contributed by atoms with van der Waals surface area (Å²) in [6.45, 7) is 2.07. The zero-order chi connectivity index (χ0) is 11.7. The van der Waals surface area contributed by atoms with Crippen LogP contribution in [0.2, 0.25) is 0 Å². The summed E-state index contributed by atoms with van der Waals surface area (Å²) < 4.78 is 3.85. The van der Waals surface area contributed by atoms with Gasteiger partial charge >= 0.3 is 0 Å². The highest BCUT2D eigenvalue weighted by molar-refractivity contribution is 5.55. The van der Waals surface area contributed by atoms with Crippen molar-refractivity contribution in [3.8, 4) is 11.4 Å². The van der Waals surface area contributed by atoms with Gasteiger partial charge in [0.1, 0.15) is 6.33 Å². The summed E-state index contributed by atoms with van der Waals surface area (Å²) in [6.07, 6.45) is 5.62. The molecule has 2 aromatic heterocycles. The van der Waals surface area contributed by atoms with Crippen LogP contribution in [0.5, 0.6) is 0 Å². The zero-order valence-electron chi connectivity index (χ0n) is 9.49. The Labute approximate surface area is 99.1 Å². The molecular weight excluding hydrogens is 212 g/mol. The van der Waals surface area contributed by atoms with E-state index in [0.29, 0.717) is 0 Å². The van der Waals surface area contributed by atoms with Crippen LogP contribution in [0.1, 0.15) is 5.56 Å².